The Morgan fingerprint density at radius 1 is 1.50 bits per heavy atom. The highest BCUT2D eigenvalue weighted by Crippen LogP contribution is 2.35. The molecule has 1 rings (SSSR count). The van der Waals surface area contributed by atoms with Crippen LogP contribution < -0.4 is 16.8 Å². The number of anilines is 2. The molecule has 0 fully saturated rings. The van der Waals surface area contributed by atoms with E-state index in [4.69, 9.17) is 16.7 Å². The molecule has 0 saturated heterocycles. The second-order valence-corrected chi connectivity index (χ2v) is 6.80. The van der Waals surface area contributed by atoms with E-state index in [1.807, 2.05) is 20.2 Å². The minimum atomic E-state index is -0.607. The molecule has 110 valence electrons. The summed E-state index contributed by atoms with van der Waals surface area (Å²) in [7, 11) is 4.02. The van der Waals surface area contributed by atoms with Crippen molar-refractivity contribution in [3.8, 4) is 6.07 Å². The number of rotatable bonds is 6. The molecule has 1 aromatic rings. The quantitative estimate of drug-likeness (QED) is 0.733. The molecular weight excluding hydrogens is 274 g/mol. The molecule has 1 amide bonds. The van der Waals surface area contributed by atoms with Crippen LogP contribution >= 0.6 is 11.3 Å². The second-order valence-electron chi connectivity index (χ2n) is 5.78. The molecule has 1 aromatic heterocycles. The zero-order chi connectivity index (χ0) is 15.5. The molecule has 0 unspecified atom stereocenters. The standard InChI is InChI=1S/C13H21N5OS/c1-13(2,7-18(3)4)6-17-12-8(5-14)9(15)10(20-12)11(16)19/h17H,6-7,15H2,1-4H3,(H2,16,19). The molecule has 0 aliphatic rings. The van der Waals surface area contributed by atoms with Crippen LogP contribution in [0, 0.1) is 16.7 Å². The van der Waals surface area contributed by atoms with Crippen LogP contribution in [0.1, 0.15) is 29.1 Å². The van der Waals surface area contributed by atoms with Crippen molar-refractivity contribution in [1.82, 2.24) is 4.90 Å². The number of nitrogen functional groups attached to an aromatic ring is 1. The number of hydrogen-bond donors (Lipinski definition) is 3. The van der Waals surface area contributed by atoms with Crippen LogP contribution in [0.4, 0.5) is 10.7 Å². The van der Waals surface area contributed by atoms with E-state index < -0.39 is 5.91 Å². The lowest BCUT2D eigenvalue weighted by Gasteiger charge is -2.28. The van der Waals surface area contributed by atoms with Gasteiger partial charge in [0.2, 0.25) is 0 Å². The zero-order valence-electron chi connectivity index (χ0n) is 12.3. The maximum atomic E-state index is 11.3. The Morgan fingerprint density at radius 3 is 2.55 bits per heavy atom. The van der Waals surface area contributed by atoms with E-state index >= 15 is 0 Å². The predicted molar refractivity (Wildman–Crippen MR) is 82.8 cm³/mol. The Labute approximate surface area is 123 Å². The molecular formula is C13H21N5OS. The van der Waals surface area contributed by atoms with Crippen molar-refractivity contribution in [1.29, 1.82) is 5.26 Å². The van der Waals surface area contributed by atoms with Crippen molar-refractivity contribution in [3.63, 3.8) is 0 Å². The number of thiophene rings is 1. The number of carbonyl (C=O) groups is 1. The van der Waals surface area contributed by atoms with Crippen LogP contribution in [0.3, 0.4) is 0 Å². The largest absolute Gasteiger partial charge is 0.396 e. The smallest absolute Gasteiger partial charge is 0.261 e. The monoisotopic (exact) mass is 295 g/mol. The van der Waals surface area contributed by atoms with Gasteiger partial charge in [-0.1, -0.05) is 13.8 Å². The van der Waals surface area contributed by atoms with E-state index in [9.17, 15) is 4.79 Å². The molecule has 20 heavy (non-hydrogen) atoms. The molecule has 0 aliphatic carbocycles. The third kappa shape index (κ3) is 3.85. The van der Waals surface area contributed by atoms with Gasteiger partial charge in [-0.3, -0.25) is 4.79 Å². The number of nitrogens with one attached hydrogen (secondary N) is 1. The lowest BCUT2D eigenvalue weighted by molar-refractivity contribution is 0.100. The third-order valence-corrected chi connectivity index (χ3v) is 3.93. The second kappa shape index (κ2) is 6.11. The van der Waals surface area contributed by atoms with E-state index in [2.05, 4.69) is 24.1 Å². The highest BCUT2D eigenvalue weighted by atomic mass is 32.1. The van der Waals surface area contributed by atoms with Crippen molar-refractivity contribution in [3.05, 3.63) is 10.4 Å². The van der Waals surface area contributed by atoms with E-state index in [1.54, 1.807) is 0 Å². The molecule has 5 N–H and O–H groups in total. The normalized spacial score (nSPS) is 11.4. The molecule has 0 atom stereocenters. The molecule has 1 heterocycles. The summed E-state index contributed by atoms with van der Waals surface area (Å²) in [6, 6.07) is 2.02. The fourth-order valence-corrected chi connectivity index (χ4v) is 3.01. The van der Waals surface area contributed by atoms with E-state index in [-0.39, 0.29) is 16.0 Å². The summed E-state index contributed by atoms with van der Waals surface area (Å²) in [5.41, 5.74) is 11.5. The van der Waals surface area contributed by atoms with Gasteiger partial charge in [-0.15, -0.1) is 11.3 Å². The molecule has 0 spiro atoms. The van der Waals surface area contributed by atoms with E-state index in [0.29, 0.717) is 17.1 Å². The van der Waals surface area contributed by atoms with E-state index in [0.717, 1.165) is 17.9 Å². The first-order valence-corrected chi connectivity index (χ1v) is 7.00. The molecule has 6 nitrogen and oxygen atoms in total. The van der Waals surface area contributed by atoms with Gasteiger partial charge in [0.05, 0.1) is 5.69 Å². The molecule has 0 saturated carbocycles. The summed E-state index contributed by atoms with van der Waals surface area (Å²) in [5.74, 6) is -0.607. The Hall–Kier alpha value is -1.78. The molecule has 0 aromatic carbocycles. The number of carbonyl (C=O) groups excluding carboxylic acids is 1. The average Bonchev–Trinajstić information content (AvgIpc) is 2.61. The van der Waals surface area contributed by atoms with Crippen LogP contribution in [0.5, 0.6) is 0 Å². The minimum absolute atomic E-state index is 0.0157. The van der Waals surface area contributed by atoms with Crippen LogP contribution in [-0.2, 0) is 0 Å². The van der Waals surface area contributed by atoms with Gasteiger partial charge in [-0.2, -0.15) is 5.26 Å². The SMILES string of the molecule is CN(C)CC(C)(C)CNc1sc(C(N)=O)c(N)c1C#N. The van der Waals surface area contributed by atoms with Gasteiger partial charge in [0.25, 0.3) is 5.91 Å². The Bertz CT molecular complexity index is 542. The summed E-state index contributed by atoms with van der Waals surface area (Å²) in [6.45, 7) is 5.81. The van der Waals surface area contributed by atoms with Gasteiger partial charge in [0.1, 0.15) is 21.5 Å². The topological polar surface area (TPSA) is 108 Å². The summed E-state index contributed by atoms with van der Waals surface area (Å²) >= 11 is 1.13. The number of primary amides is 1. The summed E-state index contributed by atoms with van der Waals surface area (Å²) in [4.78, 5) is 13.6. The van der Waals surface area contributed by atoms with Gasteiger partial charge in [0.15, 0.2) is 0 Å². The van der Waals surface area contributed by atoms with Crippen LogP contribution in [-0.4, -0.2) is 38.0 Å². The van der Waals surface area contributed by atoms with Crippen molar-refractivity contribution < 1.29 is 4.79 Å². The maximum absolute atomic E-state index is 11.3. The number of hydrogen-bond acceptors (Lipinski definition) is 6. The van der Waals surface area contributed by atoms with Crippen molar-refractivity contribution in [2.45, 2.75) is 13.8 Å². The van der Waals surface area contributed by atoms with Crippen molar-refractivity contribution in [2.75, 3.05) is 38.2 Å². The van der Waals surface area contributed by atoms with Crippen LogP contribution in [0.25, 0.3) is 0 Å². The lowest BCUT2D eigenvalue weighted by Crippen LogP contribution is -2.34. The summed E-state index contributed by atoms with van der Waals surface area (Å²) < 4.78 is 0. The number of nitrogens with zero attached hydrogens (tertiary/aromatic N) is 2. The first-order valence-electron chi connectivity index (χ1n) is 6.18. The first-order chi connectivity index (χ1) is 9.18. The third-order valence-electron chi connectivity index (χ3n) is 2.75. The summed E-state index contributed by atoms with van der Waals surface area (Å²) in [5, 5.41) is 13.0. The molecule has 0 radical (unpaired) electrons. The Balaban J connectivity index is 2.91. The van der Waals surface area contributed by atoms with Gasteiger partial charge in [-0.25, -0.2) is 0 Å². The Kier molecular flexibility index (Phi) is 4.98. The zero-order valence-corrected chi connectivity index (χ0v) is 13.1. The van der Waals surface area contributed by atoms with Gasteiger partial charge in [-0.05, 0) is 19.5 Å². The number of nitrogens with two attached hydrogens (primary N) is 2. The summed E-state index contributed by atoms with van der Waals surface area (Å²) in [6.07, 6.45) is 0. The fourth-order valence-electron chi connectivity index (χ4n) is 2.09. The average molecular weight is 295 g/mol. The Morgan fingerprint density at radius 2 is 2.10 bits per heavy atom. The number of amides is 1. The minimum Gasteiger partial charge on any atom is -0.396 e. The van der Waals surface area contributed by atoms with Gasteiger partial charge in [0, 0.05) is 13.1 Å². The van der Waals surface area contributed by atoms with Gasteiger partial charge >= 0.3 is 0 Å². The highest BCUT2D eigenvalue weighted by molar-refractivity contribution is 7.18. The number of nitriles is 1. The first kappa shape index (κ1) is 16.3. The molecule has 0 aliphatic heterocycles. The van der Waals surface area contributed by atoms with Crippen molar-refractivity contribution in [2.24, 2.45) is 11.1 Å². The van der Waals surface area contributed by atoms with Gasteiger partial charge < -0.3 is 21.7 Å². The fraction of sp³-hybridized carbons (Fsp3) is 0.538. The molecule has 0 bridgehead atoms. The predicted octanol–water partition coefficient (Wildman–Crippen LogP) is 1.30. The van der Waals surface area contributed by atoms with Crippen LogP contribution in [0.2, 0.25) is 0 Å². The molecule has 7 heteroatoms. The van der Waals surface area contributed by atoms with Crippen molar-refractivity contribution >= 4 is 27.9 Å². The van der Waals surface area contributed by atoms with Crippen LogP contribution in [0.15, 0.2) is 0 Å². The lowest BCUT2D eigenvalue weighted by atomic mass is 9.93. The van der Waals surface area contributed by atoms with E-state index in [1.165, 1.54) is 0 Å². The highest BCUT2D eigenvalue weighted by Gasteiger charge is 2.23. The maximum Gasteiger partial charge on any atom is 0.261 e.